The van der Waals surface area contributed by atoms with Gasteiger partial charge in [0.15, 0.2) is 5.69 Å². The zero-order chi connectivity index (χ0) is 14.2. The lowest BCUT2D eigenvalue weighted by atomic mass is 10.2. The van der Waals surface area contributed by atoms with E-state index in [1.807, 2.05) is 53.9 Å². The lowest BCUT2D eigenvalue weighted by molar-refractivity contribution is 0.102. The van der Waals surface area contributed by atoms with Crippen molar-refractivity contribution in [1.82, 2.24) is 10.2 Å². The first kappa shape index (κ1) is 12.1. The quantitative estimate of drug-likeness (QED) is 0.586. The van der Waals surface area contributed by atoms with Crippen LogP contribution in [0.25, 0.3) is 21.0 Å². The number of carbonyl (C=O) groups is 1. The number of aromatic amines is 1. The normalized spacial score (nSPS) is 11.0. The Hall–Kier alpha value is -2.66. The molecular weight excluding hydrogens is 282 g/mol. The van der Waals surface area contributed by atoms with E-state index in [1.165, 1.54) is 4.70 Å². The Morgan fingerprint density at radius 3 is 3.00 bits per heavy atom. The molecule has 2 aromatic heterocycles. The number of rotatable bonds is 2. The van der Waals surface area contributed by atoms with Crippen LogP contribution in [0, 0.1) is 0 Å². The van der Waals surface area contributed by atoms with Crippen molar-refractivity contribution in [1.29, 1.82) is 0 Å². The molecule has 4 rings (SSSR count). The number of nitrogens with one attached hydrogen (secondary N) is 2. The van der Waals surface area contributed by atoms with Gasteiger partial charge >= 0.3 is 0 Å². The minimum absolute atomic E-state index is 0.206. The molecule has 2 heterocycles. The zero-order valence-electron chi connectivity index (χ0n) is 11.0. The Labute approximate surface area is 124 Å². The summed E-state index contributed by atoms with van der Waals surface area (Å²) in [5.41, 5.74) is 2.05. The Bertz CT molecular complexity index is 954. The number of carbonyl (C=O) groups excluding carboxylic acids is 1. The maximum Gasteiger partial charge on any atom is 0.276 e. The number of benzene rings is 2. The van der Waals surface area contributed by atoms with Gasteiger partial charge in [-0.05, 0) is 41.1 Å². The second-order valence-electron chi connectivity index (χ2n) is 4.75. The summed E-state index contributed by atoms with van der Waals surface area (Å²) in [5.74, 6) is -0.206. The molecule has 0 spiro atoms. The first-order valence-electron chi connectivity index (χ1n) is 6.53. The average molecular weight is 293 g/mol. The van der Waals surface area contributed by atoms with E-state index in [-0.39, 0.29) is 5.91 Å². The number of para-hydroxylation sites is 1. The molecule has 0 atom stereocenters. The summed E-state index contributed by atoms with van der Waals surface area (Å²) in [4.78, 5) is 12.4. The van der Waals surface area contributed by atoms with Crippen molar-refractivity contribution in [3.63, 3.8) is 0 Å². The van der Waals surface area contributed by atoms with Crippen LogP contribution in [0.4, 0.5) is 5.69 Å². The zero-order valence-corrected chi connectivity index (χ0v) is 11.8. The van der Waals surface area contributed by atoms with Gasteiger partial charge in [0.2, 0.25) is 0 Å². The molecule has 0 bridgehead atoms. The van der Waals surface area contributed by atoms with Crippen LogP contribution in [-0.4, -0.2) is 16.1 Å². The number of anilines is 1. The second kappa shape index (κ2) is 4.71. The molecule has 0 aliphatic carbocycles. The van der Waals surface area contributed by atoms with E-state index in [0.29, 0.717) is 5.69 Å². The molecule has 4 nitrogen and oxygen atoms in total. The maximum atomic E-state index is 12.4. The van der Waals surface area contributed by atoms with Crippen LogP contribution < -0.4 is 5.32 Å². The predicted molar refractivity (Wildman–Crippen MR) is 85.9 cm³/mol. The molecule has 5 heteroatoms. The van der Waals surface area contributed by atoms with Gasteiger partial charge in [0.05, 0.1) is 5.52 Å². The smallest absolute Gasteiger partial charge is 0.276 e. The molecule has 2 aromatic carbocycles. The van der Waals surface area contributed by atoms with Gasteiger partial charge in [-0.25, -0.2) is 0 Å². The Morgan fingerprint density at radius 1 is 1.14 bits per heavy atom. The van der Waals surface area contributed by atoms with E-state index < -0.39 is 0 Å². The van der Waals surface area contributed by atoms with Gasteiger partial charge in [0.25, 0.3) is 5.91 Å². The summed E-state index contributed by atoms with van der Waals surface area (Å²) in [7, 11) is 0. The highest BCUT2D eigenvalue weighted by atomic mass is 32.1. The third-order valence-electron chi connectivity index (χ3n) is 3.40. The number of thiophene rings is 1. The number of amides is 1. The maximum absolute atomic E-state index is 12.4. The standard InChI is InChI=1S/C16H11N3OS/c20-16(15-12-3-1-2-4-13(12)18-19-15)17-11-5-6-14-10(9-11)7-8-21-14/h1-9H,(H,17,20)(H,18,19). The molecule has 0 fully saturated rings. The molecule has 0 aliphatic rings. The van der Waals surface area contributed by atoms with E-state index in [9.17, 15) is 4.79 Å². The summed E-state index contributed by atoms with van der Waals surface area (Å²) in [6.07, 6.45) is 0. The fraction of sp³-hybridized carbons (Fsp3) is 0. The minimum atomic E-state index is -0.206. The van der Waals surface area contributed by atoms with Crippen molar-refractivity contribution < 1.29 is 4.79 Å². The summed E-state index contributed by atoms with van der Waals surface area (Å²) in [6, 6.07) is 15.5. The number of aromatic nitrogens is 2. The van der Waals surface area contributed by atoms with Gasteiger partial charge in [0.1, 0.15) is 0 Å². The van der Waals surface area contributed by atoms with Crippen LogP contribution in [0.2, 0.25) is 0 Å². The van der Waals surface area contributed by atoms with Crippen molar-refractivity contribution in [2.24, 2.45) is 0 Å². The minimum Gasteiger partial charge on any atom is -0.321 e. The van der Waals surface area contributed by atoms with E-state index in [0.717, 1.165) is 22.0 Å². The molecule has 0 saturated heterocycles. The molecule has 0 saturated carbocycles. The van der Waals surface area contributed by atoms with Crippen molar-refractivity contribution in [3.05, 3.63) is 59.6 Å². The van der Waals surface area contributed by atoms with Crippen LogP contribution in [0.3, 0.4) is 0 Å². The summed E-state index contributed by atoms with van der Waals surface area (Å²) in [6.45, 7) is 0. The third kappa shape index (κ3) is 2.08. The molecule has 0 radical (unpaired) electrons. The van der Waals surface area contributed by atoms with Gasteiger partial charge in [-0.3, -0.25) is 9.89 Å². The van der Waals surface area contributed by atoms with Crippen molar-refractivity contribution >= 4 is 43.9 Å². The summed E-state index contributed by atoms with van der Waals surface area (Å²) in [5, 5.41) is 13.9. The number of hydrogen-bond acceptors (Lipinski definition) is 3. The Morgan fingerprint density at radius 2 is 2.05 bits per heavy atom. The molecule has 0 unspecified atom stereocenters. The fourth-order valence-corrected chi connectivity index (χ4v) is 3.14. The van der Waals surface area contributed by atoms with Gasteiger partial charge in [0, 0.05) is 15.8 Å². The van der Waals surface area contributed by atoms with E-state index in [2.05, 4.69) is 15.5 Å². The lowest BCUT2D eigenvalue weighted by Gasteiger charge is -2.03. The van der Waals surface area contributed by atoms with Crippen LogP contribution in [-0.2, 0) is 0 Å². The molecular formula is C16H11N3OS. The Kier molecular flexibility index (Phi) is 2.72. The molecule has 102 valence electrons. The lowest BCUT2D eigenvalue weighted by Crippen LogP contribution is -2.12. The molecule has 0 aliphatic heterocycles. The highest BCUT2D eigenvalue weighted by molar-refractivity contribution is 7.17. The van der Waals surface area contributed by atoms with E-state index in [4.69, 9.17) is 0 Å². The first-order chi connectivity index (χ1) is 10.3. The fourth-order valence-electron chi connectivity index (χ4n) is 2.37. The number of hydrogen-bond donors (Lipinski definition) is 2. The van der Waals surface area contributed by atoms with Crippen LogP contribution in [0.1, 0.15) is 10.5 Å². The SMILES string of the molecule is O=C(Nc1ccc2sccc2c1)c1n[nH]c2ccccc12. The highest BCUT2D eigenvalue weighted by Crippen LogP contribution is 2.24. The Balaban J connectivity index is 1.68. The second-order valence-corrected chi connectivity index (χ2v) is 5.69. The largest absolute Gasteiger partial charge is 0.321 e. The van der Waals surface area contributed by atoms with Crippen LogP contribution in [0.5, 0.6) is 0 Å². The monoisotopic (exact) mass is 293 g/mol. The van der Waals surface area contributed by atoms with E-state index >= 15 is 0 Å². The van der Waals surface area contributed by atoms with Crippen molar-refractivity contribution in [2.45, 2.75) is 0 Å². The summed E-state index contributed by atoms with van der Waals surface area (Å²) >= 11 is 1.68. The van der Waals surface area contributed by atoms with Crippen LogP contribution >= 0.6 is 11.3 Å². The number of fused-ring (bicyclic) bond motifs is 2. The number of H-pyrrole nitrogens is 1. The topological polar surface area (TPSA) is 57.8 Å². The van der Waals surface area contributed by atoms with Gasteiger partial charge in [-0.1, -0.05) is 18.2 Å². The van der Waals surface area contributed by atoms with Gasteiger partial charge in [-0.2, -0.15) is 5.10 Å². The first-order valence-corrected chi connectivity index (χ1v) is 7.41. The number of nitrogens with zero attached hydrogens (tertiary/aromatic N) is 1. The molecule has 1 amide bonds. The molecule has 4 aromatic rings. The molecule has 21 heavy (non-hydrogen) atoms. The highest BCUT2D eigenvalue weighted by Gasteiger charge is 2.14. The molecule has 2 N–H and O–H groups in total. The van der Waals surface area contributed by atoms with Crippen molar-refractivity contribution in [2.75, 3.05) is 5.32 Å². The average Bonchev–Trinajstić information content (AvgIpc) is 3.13. The predicted octanol–water partition coefficient (Wildman–Crippen LogP) is 4.03. The van der Waals surface area contributed by atoms with Crippen molar-refractivity contribution in [3.8, 4) is 0 Å². The van der Waals surface area contributed by atoms with Crippen LogP contribution in [0.15, 0.2) is 53.9 Å². The third-order valence-corrected chi connectivity index (χ3v) is 4.29. The summed E-state index contributed by atoms with van der Waals surface area (Å²) < 4.78 is 1.21. The van der Waals surface area contributed by atoms with Gasteiger partial charge < -0.3 is 5.32 Å². The van der Waals surface area contributed by atoms with E-state index in [1.54, 1.807) is 11.3 Å². The van der Waals surface area contributed by atoms with Gasteiger partial charge in [-0.15, -0.1) is 11.3 Å².